The smallest absolute Gasteiger partial charge is 0.138 e. The lowest BCUT2D eigenvalue weighted by molar-refractivity contribution is 0.306. The van der Waals surface area contributed by atoms with Gasteiger partial charge >= 0.3 is 0 Å². The summed E-state index contributed by atoms with van der Waals surface area (Å²) >= 11 is 6.20. The van der Waals surface area contributed by atoms with Crippen LogP contribution in [0.1, 0.15) is 5.56 Å². The quantitative estimate of drug-likeness (QED) is 0.651. The Kier molecular flexibility index (Phi) is 3.93. The minimum absolute atomic E-state index is 0.261. The van der Waals surface area contributed by atoms with E-state index >= 15 is 0 Å². The van der Waals surface area contributed by atoms with Gasteiger partial charge in [-0.15, -0.1) is 0 Å². The standard InChI is InChI=1S/C17H12ClFO2/c18-15-10-13(16-5-2-8-20-16)6-7-17(15)21-11-12-3-1-4-14(19)9-12/h1-10H,11H2. The van der Waals surface area contributed by atoms with Crippen LogP contribution in [-0.2, 0) is 6.61 Å². The van der Waals surface area contributed by atoms with Gasteiger partial charge in [0.1, 0.15) is 23.9 Å². The van der Waals surface area contributed by atoms with Gasteiger partial charge in [-0.05, 0) is 48.0 Å². The van der Waals surface area contributed by atoms with Gasteiger partial charge in [-0.3, -0.25) is 0 Å². The zero-order valence-corrected chi connectivity index (χ0v) is 11.8. The summed E-state index contributed by atoms with van der Waals surface area (Å²) in [5.74, 6) is 1.01. The molecule has 1 heterocycles. The van der Waals surface area contributed by atoms with Crippen LogP contribution in [-0.4, -0.2) is 0 Å². The summed E-state index contributed by atoms with van der Waals surface area (Å²) in [6.07, 6.45) is 1.61. The number of furan rings is 1. The fraction of sp³-hybridized carbons (Fsp3) is 0.0588. The molecule has 0 N–H and O–H groups in total. The summed E-state index contributed by atoms with van der Waals surface area (Å²) in [4.78, 5) is 0. The Bertz CT molecular complexity index is 738. The first-order valence-corrected chi connectivity index (χ1v) is 6.81. The molecule has 0 aliphatic carbocycles. The molecule has 2 aromatic carbocycles. The highest BCUT2D eigenvalue weighted by atomic mass is 35.5. The normalized spacial score (nSPS) is 10.6. The largest absolute Gasteiger partial charge is 0.487 e. The van der Waals surface area contributed by atoms with Gasteiger partial charge in [-0.2, -0.15) is 0 Å². The van der Waals surface area contributed by atoms with E-state index in [0.717, 1.165) is 16.9 Å². The van der Waals surface area contributed by atoms with Crippen molar-refractivity contribution < 1.29 is 13.5 Å². The molecule has 0 radical (unpaired) electrons. The van der Waals surface area contributed by atoms with Gasteiger partial charge < -0.3 is 9.15 Å². The number of halogens is 2. The van der Waals surface area contributed by atoms with Crippen LogP contribution in [0.15, 0.2) is 65.3 Å². The molecule has 3 aromatic rings. The predicted molar refractivity (Wildman–Crippen MR) is 79.9 cm³/mol. The van der Waals surface area contributed by atoms with Gasteiger partial charge in [0.25, 0.3) is 0 Å². The summed E-state index contributed by atoms with van der Waals surface area (Å²) < 4.78 is 24.0. The average molecular weight is 303 g/mol. The third-order valence-electron chi connectivity index (χ3n) is 3.02. The zero-order chi connectivity index (χ0) is 14.7. The van der Waals surface area contributed by atoms with Gasteiger partial charge in [0.2, 0.25) is 0 Å². The predicted octanol–water partition coefficient (Wildman–Crippen LogP) is 5.32. The number of benzene rings is 2. The topological polar surface area (TPSA) is 22.4 Å². The van der Waals surface area contributed by atoms with Crippen LogP contribution in [0, 0.1) is 5.82 Å². The Balaban J connectivity index is 1.74. The van der Waals surface area contributed by atoms with E-state index in [4.69, 9.17) is 20.8 Å². The fourth-order valence-electron chi connectivity index (χ4n) is 2.00. The van der Waals surface area contributed by atoms with Crippen LogP contribution in [0.5, 0.6) is 5.75 Å². The van der Waals surface area contributed by atoms with Crippen LogP contribution in [0.25, 0.3) is 11.3 Å². The second kappa shape index (κ2) is 6.02. The Hall–Kier alpha value is -2.26. The summed E-state index contributed by atoms with van der Waals surface area (Å²) in [6.45, 7) is 0.261. The average Bonchev–Trinajstić information content (AvgIpc) is 3.00. The van der Waals surface area contributed by atoms with Gasteiger partial charge in [0.05, 0.1) is 11.3 Å². The molecule has 1 aromatic heterocycles. The molecular weight excluding hydrogens is 291 g/mol. The van der Waals surface area contributed by atoms with E-state index in [1.807, 2.05) is 18.2 Å². The zero-order valence-electron chi connectivity index (χ0n) is 11.1. The molecule has 21 heavy (non-hydrogen) atoms. The maximum absolute atomic E-state index is 13.1. The molecule has 0 atom stereocenters. The van der Waals surface area contributed by atoms with Gasteiger partial charge in [-0.1, -0.05) is 23.7 Å². The van der Waals surface area contributed by atoms with Crippen LogP contribution < -0.4 is 4.74 Å². The van der Waals surface area contributed by atoms with E-state index in [1.54, 1.807) is 30.5 Å². The minimum atomic E-state index is -0.282. The van der Waals surface area contributed by atoms with Gasteiger partial charge in [0.15, 0.2) is 0 Å². The number of hydrogen-bond acceptors (Lipinski definition) is 2. The number of ether oxygens (including phenoxy) is 1. The highest BCUT2D eigenvalue weighted by Crippen LogP contribution is 2.31. The van der Waals surface area contributed by atoms with E-state index in [1.165, 1.54) is 12.1 Å². The molecule has 0 aliphatic rings. The highest BCUT2D eigenvalue weighted by Gasteiger charge is 2.07. The number of rotatable bonds is 4. The Labute approximate surface area is 126 Å². The van der Waals surface area contributed by atoms with Gasteiger partial charge in [0, 0.05) is 5.56 Å². The Morgan fingerprint density at radius 1 is 1.05 bits per heavy atom. The Morgan fingerprint density at radius 3 is 2.67 bits per heavy atom. The van der Waals surface area contributed by atoms with E-state index in [2.05, 4.69) is 0 Å². The summed E-state index contributed by atoms with van der Waals surface area (Å²) in [7, 11) is 0. The second-order valence-electron chi connectivity index (χ2n) is 4.54. The molecule has 106 valence electrons. The van der Waals surface area contributed by atoms with Gasteiger partial charge in [-0.25, -0.2) is 4.39 Å². The van der Waals surface area contributed by atoms with E-state index < -0.39 is 0 Å². The lowest BCUT2D eigenvalue weighted by Crippen LogP contribution is -1.96. The van der Waals surface area contributed by atoms with Crippen LogP contribution >= 0.6 is 11.6 Å². The lowest BCUT2D eigenvalue weighted by atomic mass is 10.1. The first kappa shape index (κ1) is 13.7. The van der Waals surface area contributed by atoms with Crippen molar-refractivity contribution in [3.05, 3.63) is 77.3 Å². The molecule has 0 fully saturated rings. The highest BCUT2D eigenvalue weighted by molar-refractivity contribution is 6.32. The molecule has 0 aliphatic heterocycles. The van der Waals surface area contributed by atoms with Crippen LogP contribution in [0.4, 0.5) is 4.39 Å². The Morgan fingerprint density at radius 2 is 1.95 bits per heavy atom. The summed E-state index contributed by atoms with van der Waals surface area (Å²) in [6, 6.07) is 15.4. The lowest BCUT2D eigenvalue weighted by Gasteiger charge is -2.09. The molecule has 0 saturated carbocycles. The van der Waals surface area contributed by atoms with E-state index in [9.17, 15) is 4.39 Å². The first-order valence-electron chi connectivity index (χ1n) is 6.43. The molecule has 4 heteroatoms. The third-order valence-corrected chi connectivity index (χ3v) is 3.32. The number of hydrogen-bond donors (Lipinski definition) is 0. The van der Waals surface area contributed by atoms with E-state index in [0.29, 0.717) is 10.8 Å². The molecule has 0 spiro atoms. The minimum Gasteiger partial charge on any atom is -0.487 e. The van der Waals surface area contributed by atoms with Crippen molar-refractivity contribution in [1.29, 1.82) is 0 Å². The van der Waals surface area contributed by atoms with Crippen molar-refractivity contribution in [3.8, 4) is 17.1 Å². The molecule has 2 nitrogen and oxygen atoms in total. The van der Waals surface area contributed by atoms with Crippen molar-refractivity contribution in [2.24, 2.45) is 0 Å². The molecule has 0 saturated heterocycles. The molecule has 0 unspecified atom stereocenters. The molecular formula is C17H12ClFO2. The SMILES string of the molecule is Fc1cccc(COc2ccc(-c3ccco3)cc2Cl)c1. The monoisotopic (exact) mass is 302 g/mol. The van der Waals surface area contributed by atoms with Crippen molar-refractivity contribution in [2.75, 3.05) is 0 Å². The third kappa shape index (κ3) is 3.26. The van der Waals surface area contributed by atoms with Crippen molar-refractivity contribution in [2.45, 2.75) is 6.61 Å². The van der Waals surface area contributed by atoms with Crippen molar-refractivity contribution in [1.82, 2.24) is 0 Å². The second-order valence-corrected chi connectivity index (χ2v) is 4.95. The summed E-state index contributed by atoms with van der Waals surface area (Å²) in [5.41, 5.74) is 1.63. The molecule has 3 rings (SSSR count). The molecule has 0 bridgehead atoms. The maximum atomic E-state index is 13.1. The maximum Gasteiger partial charge on any atom is 0.138 e. The van der Waals surface area contributed by atoms with Crippen LogP contribution in [0.3, 0.4) is 0 Å². The fourth-order valence-corrected chi connectivity index (χ4v) is 2.24. The molecule has 0 amide bonds. The van der Waals surface area contributed by atoms with Crippen molar-refractivity contribution >= 4 is 11.6 Å². The van der Waals surface area contributed by atoms with Crippen molar-refractivity contribution in [3.63, 3.8) is 0 Å². The first-order chi connectivity index (χ1) is 10.2. The van der Waals surface area contributed by atoms with E-state index in [-0.39, 0.29) is 12.4 Å². The van der Waals surface area contributed by atoms with Crippen LogP contribution in [0.2, 0.25) is 5.02 Å². The summed E-state index contributed by atoms with van der Waals surface area (Å²) in [5, 5.41) is 0.486.